The molecule has 172 valence electrons. The number of hydrogen-bond acceptors (Lipinski definition) is 1. The molecule has 0 aromatic heterocycles. The topological polar surface area (TPSA) is 17.1 Å². The van der Waals surface area contributed by atoms with E-state index in [1.54, 1.807) is 0 Å². The second-order valence-corrected chi connectivity index (χ2v) is 14.1. The van der Waals surface area contributed by atoms with Crippen LogP contribution in [0.1, 0.15) is 99.8 Å². The van der Waals surface area contributed by atoms with Crippen LogP contribution in [0.25, 0.3) is 0 Å². The summed E-state index contributed by atoms with van der Waals surface area (Å²) < 4.78 is 0. The van der Waals surface area contributed by atoms with Gasteiger partial charge in [0.15, 0.2) is 5.78 Å². The Hall–Kier alpha value is -0.850. The number of hydrogen-bond donors (Lipinski definition) is 0. The quantitative estimate of drug-likeness (QED) is 0.391. The third-order valence-corrected chi connectivity index (χ3v) is 12.8. The largest absolute Gasteiger partial charge is 0.294 e. The fourth-order valence-electron chi connectivity index (χ4n) is 10.8. The van der Waals surface area contributed by atoms with Gasteiger partial charge in [-0.3, -0.25) is 4.79 Å². The zero-order chi connectivity index (χ0) is 22.6. The maximum absolute atomic E-state index is 12.8. The minimum Gasteiger partial charge on any atom is -0.294 e. The number of carbonyl (C=O) groups excluding carboxylic acids is 1. The summed E-state index contributed by atoms with van der Waals surface area (Å²) in [5, 5.41) is 0. The fraction of sp³-hybridized carbons (Fsp3) is 0.833. The van der Waals surface area contributed by atoms with Crippen molar-refractivity contribution in [2.45, 2.75) is 99.8 Å². The molecule has 1 nitrogen and oxygen atoms in total. The standard InChI is InChI=1S/C30H46O/c1-19(2)20-11-14-27(5)17-18-29(7)21(25(20)27)9-10-23-28(6)15-13-24(31)26(3,4)22(28)12-16-30(23,29)8/h13,15,20-23,25H,1,9-12,14,16-18H2,2-8H3/t20?,21?,22?,23?,25?,27-,28+,29-,30-/m1/s1. The van der Waals surface area contributed by atoms with Crippen molar-refractivity contribution < 1.29 is 4.79 Å². The van der Waals surface area contributed by atoms with E-state index in [9.17, 15) is 4.79 Å². The lowest BCUT2D eigenvalue weighted by Gasteiger charge is -2.71. The second kappa shape index (κ2) is 6.38. The molecule has 5 aliphatic carbocycles. The first-order valence-corrected chi connectivity index (χ1v) is 13.2. The summed E-state index contributed by atoms with van der Waals surface area (Å²) in [5.41, 5.74) is 2.68. The van der Waals surface area contributed by atoms with Crippen molar-refractivity contribution in [1.29, 1.82) is 0 Å². The van der Waals surface area contributed by atoms with Crippen molar-refractivity contribution in [2.75, 3.05) is 0 Å². The van der Waals surface area contributed by atoms with Crippen LogP contribution in [0.2, 0.25) is 0 Å². The molecule has 0 aromatic carbocycles. The molecule has 4 saturated carbocycles. The molecule has 0 spiro atoms. The molecule has 5 rings (SSSR count). The molecule has 0 saturated heterocycles. The molecule has 1 heteroatoms. The molecule has 31 heavy (non-hydrogen) atoms. The van der Waals surface area contributed by atoms with Crippen LogP contribution in [-0.2, 0) is 4.79 Å². The van der Waals surface area contributed by atoms with Gasteiger partial charge in [0.2, 0.25) is 0 Å². The molecule has 5 aliphatic rings. The zero-order valence-corrected chi connectivity index (χ0v) is 21.3. The second-order valence-electron chi connectivity index (χ2n) is 14.1. The molecule has 9 atom stereocenters. The Morgan fingerprint density at radius 2 is 1.58 bits per heavy atom. The average molecular weight is 423 g/mol. The van der Waals surface area contributed by atoms with E-state index >= 15 is 0 Å². The summed E-state index contributed by atoms with van der Waals surface area (Å²) in [7, 11) is 0. The Kier molecular flexibility index (Phi) is 4.52. The highest BCUT2D eigenvalue weighted by Crippen LogP contribution is 2.76. The van der Waals surface area contributed by atoms with Gasteiger partial charge in [-0.2, -0.15) is 0 Å². The molecule has 0 radical (unpaired) electrons. The van der Waals surface area contributed by atoms with Crippen LogP contribution in [0.15, 0.2) is 24.3 Å². The van der Waals surface area contributed by atoms with E-state index < -0.39 is 0 Å². The average Bonchev–Trinajstić information content (AvgIpc) is 3.04. The van der Waals surface area contributed by atoms with Crippen LogP contribution < -0.4 is 0 Å². The summed E-state index contributed by atoms with van der Waals surface area (Å²) in [5.74, 6) is 3.91. The molecule has 0 aliphatic heterocycles. The van der Waals surface area contributed by atoms with Crippen molar-refractivity contribution in [3.63, 3.8) is 0 Å². The van der Waals surface area contributed by atoms with Crippen molar-refractivity contribution in [3.05, 3.63) is 24.3 Å². The Morgan fingerprint density at radius 1 is 0.871 bits per heavy atom. The highest BCUT2D eigenvalue weighted by molar-refractivity contribution is 5.95. The smallest absolute Gasteiger partial charge is 0.161 e. The lowest BCUT2D eigenvalue weighted by molar-refractivity contribution is -0.216. The molecule has 0 heterocycles. The molecule has 4 fully saturated rings. The molecule has 0 aromatic rings. The summed E-state index contributed by atoms with van der Waals surface area (Å²) in [4.78, 5) is 12.8. The summed E-state index contributed by atoms with van der Waals surface area (Å²) in [6.07, 6.45) is 15.1. The van der Waals surface area contributed by atoms with E-state index in [0.29, 0.717) is 33.9 Å². The lowest BCUT2D eigenvalue weighted by Crippen LogP contribution is -2.65. The number of carbonyl (C=O) groups is 1. The number of allylic oxidation sites excluding steroid dienone is 3. The highest BCUT2D eigenvalue weighted by Gasteiger charge is 2.69. The van der Waals surface area contributed by atoms with E-state index in [1.807, 2.05) is 6.08 Å². The predicted molar refractivity (Wildman–Crippen MR) is 130 cm³/mol. The first kappa shape index (κ1) is 22.0. The molecular weight excluding hydrogens is 376 g/mol. The van der Waals surface area contributed by atoms with Gasteiger partial charge in [0.05, 0.1) is 0 Å². The summed E-state index contributed by atoms with van der Waals surface area (Å²) in [6.45, 7) is 21.7. The Morgan fingerprint density at radius 3 is 2.26 bits per heavy atom. The molecule has 0 N–H and O–H groups in total. The van der Waals surface area contributed by atoms with Gasteiger partial charge >= 0.3 is 0 Å². The number of rotatable bonds is 1. The summed E-state index contributed by atoms with van der Waals surface area (Å²) in [6, 6.07) is 0. The summed E-state index contributed by atoms with van der Waals surface area (Å²) >= 11 is 0. The first-order chi connectivity index (χ1) is 14.3. The van der Waals surface area contributed by atoms with E-state index in [-0.39, 0.29) is 10.8 Å². The normalized spacial score (nSPS) is 55.1. The monoisotopic (exact) mass is 422 g/mol. The van der Waals surface area contributed by atoms with Crippen molar-refractivity contribution >= 4 is 5.78 Å². The van der Waals surface area contributed by atoms with Gasteiger partial charge in [0, 0.05) is 5.41 Å². The van der Waals surface area contributed by atoms with Crippen LogP contribution in [0.3, 0.4) is 0 Å². The van der Waals surface area contributed by atoms with E-state index in [1.165, 1.54) is 56.9 Å². The third-order valence-electron chi connectivity index (χ3n) is 12.8. The van der Waals surface area contributed by atoms with E-state index in [4.69, 9.17) is 0 Å². The lowest BCUT2D eigenvalue weighted by atomic mass is 9.33. The van der Waals surface area contributed by atoms with Crippen molar-refractivity contribution in [3.8, 4) is 0 Å². The molecular formula is C30H46O. The van der Waals surface area contributed by atoms with Crippen molar-refractivity contribution in [1.82, 2.24) is 0 Å². The minimum atomic E-state index is -0.218. The maximum Gasteiger partial charge on any atom is 0.161 e. The van der Waals surface area contributed by atoms with Gasteiger partial charge in [0.1, 0.15) is 0 Å². The van der Waals surface area contributed by atoms with Gasteiger partial charge in [-0.15, -0.1) is 0 Å². The van der Waals surface area contributed by atoms with Gasteiger partial charge in [-0.1, -0.05) is 59.8 Å². The van der Waals surface area contributed by atoms with Crippen LogP contribution in [0.5, 0.6) is 0 Å². The molecule has 0 bridgehead atoms. The Bertz CT molecular complexity index is 848. The van der Waals surface area contributed by atoms with Gasteiger partial charge < -0.3 is 0 Å². The predicted octanol–water partition coefficient (Wildman–Crippen LogP) is 8.01. The van der Waals surface area contributed by atoms with Crippen LogP contribution in [0, 0.1) is 56.7 Å². The van der Waals surface area contributed by atoms with Gasteiger partial charge in [-0.25, -0.2) is 0 Å². The highest BCUT2D eigenvalue weighted by atomic mass is 16.1. The molecule has 0 amide bonds. The fourth-order valence-corrected chi connectivity index (χ4v) is 10.8. The van der Waals surface area contributed by atoms with Gasteiger partial charge in [0.25, 0.3) is 0 Å². The van der Waals surface area contributed by atoms with Crippen LogP contribution >= 0.6 is 0 Å². The zero-order valence-electron chi connectivity index (χ0n) is 21.3. The number of ketones is 1. The molecule has 5 unspecified atom stereocenters. The Balaban J connectivity index is 1.57. The first-order valence-electron chi connectivity index (χ1n) is 13.2. The minimum absolute atomic E-state index is 0.155. The number of fused-ring (bicyclic) bond motifs is 7. The van der Waals surface area contributed by atoms with E-state index in [2.05, 4.69) is 61.1 Å². The SMILES string of the molecule is C=C(C)C1CC[C@]2(C)CC[C@]3(C)C(CCC4[C@@]5(C)C=CC(=O)C(C)(C)C5CC[C@]43C)C12. The maximum atomic E-state index is 12.8. The Labute approximate surface area is 191 Å². The third kappa shape index (κ3) is 2.53. The van der Waals surface area contributed by atoms with Crippen molar-refractivity contribution in [2.24, 2.45) is 56.7 Å². The van der Waals surface area contributed by atoms with E-state index in [0.717, 1.165) is 17.8 Å². The van der Waals surface area contributed by atoms with Crippen LogP contribution in [-0.4, -0.2) is 5.78 Å². The van der Waals surface area contributed by atoms with Gasteiger partial charge in [-0.05, 0) is 116 Å². The van der Waals surface area contributed by atoms with Crippen LogP contribution in [0.4, 0.5) is 0 Å².